The van der Waals surface area contributed by atoms with Crippen molar-refractivity contribution in [2.45, 2.75) is 13.3 Å². The average Bonchev–Trinajstić information content (AvgIpc) is 3.48. The number of nitrogens with one attached hydrogen (secondary N) is 2. The zero-order chi connectivity index (χ0) is 26.0. The van der Waals surface area contributed by atoms with Gasteiger partial charge in [0.15, 0.2) is 5.76 Å². The highest BCUT2D eigenvalue weighted by Gasteiger charge is 2.24. The molecule has 2 heterocycles. The van der Waals surface area contributed by atoms with Gasteiger partial charge in [-0.3, -0.25) is 9.59 Å². The molecule has 1 fully saturated rings. The molecule has 0 aliphatic carbocycles. The molecule has 1 aliphatic rings. The van der Waals surface area contributed by atoms with Gasteiger partial charge in [-0.2, -0.15) is 0 Å². The van der Waals surface area contributed by atoms with E-state index < -0.39 is 0 Å². The molecular formula is C28H34N4O5. The number of furan rings is 1. The second-order valence-corrected chi connectivity index (χ2v) is 8.62. The molecule has 3 aromatic rings. The maximum atomic E-state index is 13.2. The minimum absolute atomic E-state index is 0.187. The van der Waals surface area contributed by atoms with Crippen LogP contribution in [0.2, 0.25) is 0 Å². The summed E-state index contributed by atoms with van der Waals surface area (Å²) in [6, 6.07) is 16.7. The molecule has 2 aromatic carbocycles. The maximum absolute atomic E-state index is 13.2. The van der Waals surface area contributed by atoms with Crippen LogP contribution in [-0.4, -0.2) is 64.9 Å². The summed E-state index contributed by atoms with van der Waals surface area (Å²) in [7, 11) is 1.68. The molecule has 196 valence electrons. The SMILES string of the molecule is CCOCCCNC(=O)c1cc(NC(=O)c2ccco2)ccc1N1CCN(c2ccccc2OC)CC1. The summed E-state index contributed by atoms with van der Waals surface area (Å²) >= 11 is 0. The number of hydrogen-bond donors (Lipinski definition) is 2. The van der Waals surface area contributed by atoms with Crippen molar-refractivity contribution in [1.82, 2.24) is 5.32 Å². The number of hydrogen-bond acceptors (Lipinski definition) is 7. The number of anilines is 3. The number of nitrogens with zero attached hydrogens (tertiary/aromatic N) is 2. The summed E-state index contributed by atoms with van der Waals surface area (Å²) in [5, 5.41) is 5.81. The minimum atomic E-state index is -0.369. The van der Waals surface area contributed by atoms with Gasteiger partial charge in [-0.1, -0.05) is 12.1 Å². The first-order chi connectivity index (χ1) is 18.1. The quantitative estimate of drug-likeness (QED) is 0.379. The van der Waals surface area contributed by atoms with Crippen molar-refractivity contribution in [3.8, 4) is 5.75 Å². The summed E-state index contributed by atoms with van der Waals surface area (Å²) in [5.74, 6) is 0.497. The van der Waals surface area contributed by atoms with Gasteiger partial charge in [0.05, 0.1) is 24.6 Å². The lowest BCUT2D eigenvalue weighted by molar-refractivity contribution is 0.0942. The summed E-state index contributed by atoms with van der Waals surface area (Å²) in [4.78, 5) is 30.2. The summed E-state index contributed by atoms with van der Waals surface area (Å²) in [6.07, 6.45) is 2.17. The number of ether oxygens (including phenoxy) is 2. The van der Waals surface area contributed by atoms with Gasteiger partial charge in [-0.05, 0) is 55.8 Å². The normalized spacial score (nSPS) is 13.4. The Morgan fingerprint density at radius 1 is 0.946 bits per heavy atom. The predicted molar refractivity (Wildman–Crippen MR) is 144 cm³/mol. The van der Waals surface area contributed by atoms with E-state index in [4.69, 9.17) is 13.9 Å². The summed E-state index contributed by atoms with van der Waals surface area (Å²) in [6.45, 7) is 6.73. The topological polar surface area (TPSA) is 96.3 Å². The first kappa shape index (κ1) is 26.1. The molecule has 0 spiro atoms. The Labute approximate surface area is 217 Å². The molecule has 1 saturated heterocycles. The molecule has 2 amide bonds. The van der Waals surface area contributed by atoms with Crippen LogP contribution in [-0.2, 0) is 4.74 Å². The van der Waals surface area contributed by atoms with Crippen molar-refractivity contribution in [1.29, 1.82) is 0 Å². The number of carbonyl (C=O) groups is 2. The zero-order valence-corrected chi connectivity index (χ0v) is 21.4. The van der Waals surface area contributed by atoms with Crippen LogP contribution in [0, 0.1) is 0 Å². The van der Waals surface area contributed by atoms with E-state index in [1.807, 2.05) is 37.3 Å². The molecule has 2 N–H and O–H groups in total. The third-order valence-electron chi connectivity index (χ3n) is 6.25. The molecule has 0 unspecified atom stereocenters. The van der Waals surface area contributed by atoms with Crippen LogP contribution in [0.4, 0.5) is 17.1 Å². The molecule has 1 aromatic heterocycles. The third kappa shape index (κ3) is 6.62. The molecule has 9 nitrogen and oxygen atoms in total. The number of piperazine rings is 1. The van der Waals surface area contributed by atoms with Gasteiger partial charge in [0.2, 0.25) is 0 Å². The fourth-order valence-electron chi connectivity index (χ4n) is 4.37. The molecule has 4 rings (SSSR count). The van der Waals surface area contributed by atoms with Crippen LogP contribution in [0.5, 0.6) is 5.75 Å². The van der Waals surface area contributed by atoms with Crippen molar-refractivity contribution in [2.75, 3.05) is 68.2 Å². The molecule has 0 radical (unpaired) electrons. The van der Waals surface area contributed by atoms with Crippen LogP contribution in [0.25, 0.3) is 0 Å². The van der Waals surface area contributed by atoms with Crippen LogP contribution < -0.4 is 25.2 Å². The number of methoxy groups -OCH3 is 1. The fourth-order valence-corrected chi connectivity index (χ4v) is 4.37. The summed E-state index contributed by atoms with van der Waals surface area (Å²) in [5.41, 5.74) is 2.93. The molecule has 9 heteroatoms. The number of rotatable bonds is 11. The maximum Gasteiger partial charge on any atom is 0.291 e. The van der Waals surface area contributed by atoms with Crippen molar-refractivity contribution < 1.29 is 23.5 Å². The predicted octanol–water partition coefficient (Wildman–Crippen LogP) is 4.02. The number of amides is 2. The Balaban J connectivity index is 1.50. The first-order valence-corrected chi connectivity index (χ1v) is 12.6. The lowest BCUT2D eigenvalue weighted by atomic mass is 10.1. The Morgan fingerprint density at radius 3 is 2.41 bits per heavy atom. The van der Waals surface area contributed by atoms with Crippen LogP contribution in [0.3, 0.4) is 0 Å². The molecule has 0 saturated carbocycles. The van der Waals surface area contributed by atoms with E-state index in [-0.39, 0.29) is 17.6 Å². The smallest absolute Gasteiger partial charge is 0.291 e. The highest BCUT2D eigenvalue weighted by molar-refractivity contribution is 6.05. The lowest BCUT2D eigenvalue weighted by Crippen LogP contribution is -2.47. The van der Waals surface area contributed by atoms with Gasteiger partial charge in [0, 0.05) is 57.3 Å². The van der Waals surface area contributed by atoms with Crippen LogP contribution in [0.15, 0.2) is 65.3 Å². The van der Waals surface area contributed by atoms with E-state index in [0.29, 0.717) is 31.0 Å². The fraction of sp³-hybridized carbons (Fsp3) is 0.357. The van der Waals surface area contributed by atoms with Crippen LogP contribution in [0.1, 0.15) is 34.3 Å². The monoisotopic (exact) mass is 506 g/mol. The minimum Gasteiger partial charge on any atom is -0.495 e. The largest absolute Gasteiger partial charge is 0.495 e. The van der Waals surface area contributed by atoms with Gasteiger partial charge in [0.1, 0.15) is 5.75 Å². The Hall–Kier alpha value is -3.98. The highest BCUT2D eigenvalue weighted by Crippen LogP contribution is 2.31. The number of para-hydroxylation sites is 2. The Kier molecular flexibility index (Phi) is 9.04. The molecular weight excluding hydrogens is 472 g/mol. The zero-order valence-electron chi connectivity index (χ0n) is 21.4. The number of carbonyl (C=O) groups excluding carboxylic acids is 2. The third-order valence-corrected chi connectivity index (χ3v) is 6.25. The van der Waals surface area contributed by atoms with Crippen molar-refractivity contribution in [3.63, 3.8) is 0 Å². The van der Waals surface area contributed by atoms with Crippen molar-refractivity contribution >= 4 is 28.9 Å². The van der Waals surface area contributed by atoms with E-state index in [9.17, 15) is 9.59 Å². The lowest BCUT2D eigenvalue weighted by Gasteiger charge is -2.38. The standard InChI is InChI=1S/C28H34N4O5/c1-3-36-18-7-13-29-27(33)22-20-21(30-28(34)26-10-6-19-37-26)11-12-23(22)31-14-16-32(17-15-31)24-8-4-5-9-25(24)35-2/h4-6,8-12,19-20H,3,7,13-18H2,1-2H3,(H,29,33)(H,30,34). The molecule has 0 bridgehead atoms. The average molecular weight is 507 g/mol. The van der Waals surface area contributed by atoms with Gasteiger partial charge in [0.25, 0.3) is 11.8 Å². The molecule has 0 atom stereocenters. The molecule has 37 heavy (non-hydrogen) atoms. The van der Waals surface area contributed by atoms with Gasteiger partial charge >= 0.3 is 0 Å². The van der Waals surface area contributed by atoms with Gasteiger partial charge in [-0.15, -0.1) is 0 Å². The van der Waals surface area contributed by atoms with E-state index >= 15 is 0 Å². The Morgan fingerprint density at radius 2 is 1.70 bits per heavy atom. The van der Waals surface area contributed by atoms with Crippen LogP contribution >= 0.6 is 0 Å². The van der Waals surface area contributed by atoms with E-state index in [0.717, 1.165) is 49.7 Å². The Bertz CT molecular complexity index is 1170. The molecule has 1 aliphatic heterocycles. The highest BCUT2D eigenvalue weighted by atomic mass is 16.5. The second-order valence-electron chi connectivity index (χ2n) is 8.62. The van der Waals surface area contributed by atoms with E-state index in [1.54, 1.807) is 25.3 Å². The van der Waals surface area contributed by atoms with Crippen molar-refractivity contribution in [3.05, 3.63) is 72.2 Å². The first-order valence-electron chi connectivity index (χ1n) is 12.6. The second kappa shape index (κ2) is 12.8. The summed E-state index contributed by atoms with van der Waals surface area (Å²) < 4.78 is 16.1. The van der Waals surface area contributed by atoms with Gasteiger partial charge in [-0.25, -0.2) is 0 Å². The van der Waals surface area contributed by atoms with Crippen molar-refractivity contribution in [2.24, 2.45) is 0 Å². The van der Waals surface area contributed by atoms with E-state index in [2.05, 4.69) is 26.5 Å². The van der Waals surface area contributed by atoms with Gasteiger partial charge < -0.3 is 34.3 Å². The van der Waals surface area contributed by atoms with E-state index in [1.165, 1.54) is 6.26 Å². The number of benzene rings is 2.